The zero-order chi connectivity index (χ0) is 19.4. The molecule has 6 nitrogen and oxygen atoms in total. The van der Waals surface area contributed by atoms with Gasteiger partial charge in [-0.1, -0.05) is 11.6 Å². The van der Waals surface area contributed by atoms with Crippen molar-refractivity contribution in [2.45, 2.75) is 69.2 Å². The summed E-state index contributed by atoms with van der Waals surface area (Å²) in [5.41, 5.74) is -0.843. The largest absolute Gasteiger partial charge is 0.481 e. The fraction of sp³-hybridized carbons (Fsp3) is 0.600. The number of ether oxygens (including phenoxy) is 2. The van der Waals surface area contributed by atoms with Crippen molar-refractivity contribution in [2.75, 3.05) is 6.54 Å². The number of hydrogen-bond acceptors (Lipinski definition) is 4. The van der Waals surface area contributed by atoms with Crippen molar-refractivity contribution in [2.24, 2.45) is 0 Å². The zero-order valence-electron chi connectivity index (χ0n) is 15.9. The summed E-state index contributed by atoms with van der Waals surface area (Å²) < 4.78 is 11.2. The lowest BCUT2D eigenvalue weighted by atomic mass is 9.43. The highest BCUT2D eigenvalue weighted by molar-refractivity contribution is 6.30. The molecule has 0 spiro atoms. The molecule has 5 rings (SSSR count). The number of alkyl carbamates (subject to hydrolysis) is 1. The van der Waals surface area contributed by atoms with Crippen LogP contribution in [0.25, 0.3) is 0 Å². The maximum absolute atomic E-state index is 12.8. The van der Waals surface area contributed by atoms with Crippen LogP contribution in [-0.4, -0.2) is 46.2 Å². The molecule has 27 heavy (non-hydrogen) atoms. The lowest BCUT2D eigenvalue weighted by molar-refractivity contribution is -0.184. The van der Waals surface area contributed by atoms with Crippen molar-refractivity contribution < 1.29 is 19.1 Å². The number of nitrogens with one attached hydrogen (secondary N) is 1. The summed E-state index contributed by atoms with van der Waals surface area (Å²) in [5.74, 6) is 0.691. The highest BCUT2D eigenvalue weighted by Crippen LogP contribution is 2.64. The van der Waals surface area contributed by atoms with E-state index < -0.39 is 11.7 Å². The van der Waals surface area contributed by atoms with Crippen LogP contribution in [0.5, 0.6) is 5.75 Å². The van der Waals surface area contributed by atoms with Gasteiger partial charge in [0.1, 0.15) is 11.4 Å². The second kappa shape index (κ2) is 6.03. The third-order valence-corrected chi connectivity index (χ3v) is 5.84. The Morgan fingerprint density at radius 2 is 1.85 bits per heavy atom. The topological polar surface area (TPSA) is 67.9 Å². The van der Waals surface area contributed by atoms with E-state index in [-0.39, 0.29) is 23.1 Å². The van der Waals surface area contributed by atoms with E-state index in [1.165, 1.54) is 0 Å². The van der Waals surface area contributed by atoms with Gasteiger partial charge >= 0.3 is 6.09 Å². The molecule has 1 aliphatic heterocycles. The van der Waals surface area contributed by atoms with E-state index in [4.69, 9.17) is 21.1 Å². The second-order valence-corrected chi connectivity index (χ2v) is 9.44. The first-order valence-corrected chi connectivity index (χ1v) is 9.73. The summed E-state index contributed by atoms with van der Waals surface area (Å²) in [6.07, 6.45) is 2.22. The summed E-state index contributed by atoms with van der Waals surface area (Å²) in [4.78, 5) is 26.8. The molecule has 2 bridgehead atoms. The smallest absolute Gasteiger partial charge is 0.408 e. The van der Waals surface area contributed by atoms with E-state index >= 15 is 0 Å². The number of nitrogens with zero attached hydrogens (tertiary/aromatic N) is 1. The van der Waals surface area contributed by atoms with Gasteiger partial charge in [0.05, 0.1) is 5.54 Å². The summed E-state index contributed by atoms with van der Waals surface area (Å²) >= 11 is 5.89. The van der Waals surface area contributed by atoms with E-state index in [2.05, 4.69) is 5.32 Å². The quantitative estimate of drug-likeness (QED) is 0.851. The van der Waals surface area contributed by atoms with Crippen LogP contribution in [0.1, 0.15) is 46.5 Å². The molecule has 0 aromatic heterocycles. The third kappa shape index (κ3) is 3.35. The van der Waals surface area contributed by atoms with E-state index in [9.17, 15) is 9.59 Å². The molecule has 1 atom stereocenters. The highest BCUT2D eigenvalue weighted by Gasteiger charge is 2.73. The van der Waals surface area contributed by atoms with Crippen molar-refractivity contribution in [3.05, 3.63) is 29.3 Å². The van der Waals surface area contributed by atoms with Gasteiger partial charge in [-0.25, -0.2) is 4.79 Å². The molecule has 7 heteroatoms. The fourth-order valence-corrected chi connectivity index (χ4v) is 4.71. The van der Waals surface area contributed by atoms with Crippen LogP contribution in [0.4, 0.5) is 4.79 Å². The molecule has 3 aliphatic carbocycles. The normalized spacial score (nSPS) is 31.8. The summed E-state index contributed by atoms with van der Waals surface area (Å²) in [7, 11) is 0. The predicted octanol–water partition coefficient (Wildman–Crippen LogP) is 3.52. The van der Waals surface area contributed by atoms with Gasteiger partial charge in [0, 0.05) is 23.5 Å². The van der Waals surface area contributed by atoms with E-state index in [0.29, 0.717) is 23.7 Å². The standard InChI is InChI=1S/C20H25ClN2O4/c1-18(2,3)27-17(25)22-19-10-20(11-19,12-19)23-9-8-15(16(23)24)26-14-6-4-13(21)5-7-14/h4-7,15H,8-12H2,1-3H3,(H,22,25). The number of rotatable bonds is 4. The highest BCUT2D eigenvalue weighted by atomic mass is 35.5. The SMILES string of the molecule is CC(C)(C)OC(=O)NC12CC(N3CCC(Oc4ccc(Cl)cc4)C3=O)(C1)C2. The molecule has 1 N–H and O–H groups in total. The van der Waals surface area contributed by atoms with Crippen molar-refractivity contribution in [3.8, 4) is 5.75 Å². The molecular formula is C20H25ClN2O4. The molecule has 1 saturated heterocycles. The Balaban J connectivity index is 1.31. The number of hydrogen-bond donors (Lipinski definition) is 1. The van der Waals surface area contributed by atoms with Crippen LogP contribution in [0.3, 0.4) is 0 Å². The molecule has 0 radical (unpaired) electrons. The third-order valence-electron chi connectivity index (χ3n) is 5.59. The fourth-order valence-electron chi connectivity index (χ4n) is 4.58. The van der Waals surface area contributed by atoms with Gasteiger partial charge in [-0.2, -0.15) is 0 Å². The summed E-state index contributed by atoms with van der Waals surface area (Å²) in [5, 5.41) is 3.63. The molecule has 3 saturated carbocycles. The number of carbonyl (C=O) groups is 2. The van der Waals surface area contributed by atoms with Gasteiger partial charge in [-0.05, 0) is 64.3 Å². The van der Waals surface area contributed by atoms with Crippen LogP contribution in [0.15, 0.2) is 24.3 Å². The van der Waals surface area contributed by atoms with Gasteiger partial charge in [0.25, 0.3) is 5.91 Å². The molecule has 4 aliphatic rings. The van der Waals surface area contributed by atoms with Crippen molar-refractivity contribution in [1.29, 1.82) is 0 Å². The average molecular weight is 393 g/mol. The molecule has 1 aromatic carbocycles. The van der Waals surface area contributed by atoms with Crippen molar-refractivity contribution in [3.63, 3.8) is 0 Å². The van der Waals surface area contributed by atoms with Gasteiger partial charge in [0.2, 0.25) is 0 Å². The van der Waals surface area contributed by atoms with Crippen LogP contribution in [0.2, 0.25) is 5.02 Å². The lowest BCUT2D eigenvalue weighted by Crippen LogP contribution is -2.84. The number of carbonyl (C=O) groups excluding carboxylic acids is 2. The van der Waals surface area contributed by atoms with Crippen LogP contribution in [0, 0.1) is 0 Å². The molecule has 1 aromatic rings. The van der Waals surface area contributed by atoms with Crippen LogP contribution >= 0.6 is 11.6 Å². The van der Waals surface area contributed by atoms with Crippen LogP contribution in [-0.2, 0) is 9.53 Å². The minimum atomic E-state index is -0.511. The second-order valence-electron chi connectivity index (χ2n) is 9.00. The zero-order valence-corrected chi connectivity index (χ0v) is 16.6. The summed E-state index contributed by atoms with van der Waals surface area (Å²) in [6, 6.07) is 7.06. The maximum atomic E-state index is 12.8. The average Bonchev–Trinajstić information content (AvgIpc) is 2.83. The molecule has 1 unspecified atom stereocenters. The number of benzene rings is 1. The Labute approximate surface area is 164 Å². The minimum Gasteiger partial charge on any atom is -0.481 e. The molecular weight excluding hydrogens is 368 g/mol. The van der Waals surface area contributed by atoms with Crippen molar-refractivity contribution >= 4 is 23.6 Å². The predicted molar refractivity (Wildman–Crippen MR) is 101 cm³/mol. The maximum Gasteiger partial charge on any atom is 0.408 e. The number of amides is 2. The first-order chi connectivity index (χ1) is 12.6. The molecule has 1 heterocycles. The summed E-state index contributed by atoms with van der Waals surface area (Å²) in [6.45, 7) is 6.24. The Hall–Kier alpha value is -1.95. The Bertz CT molecular complexity index is 751. The molecule has 4 fully saturated rings. The Morgan fingerprint density at radius 3 is 2.44 bits per heavy atom. The lowest BCUT2D eigenvalue weighted by Gasteiger charge is -2.72. The van der Waals surface area contributed by atoms with Crippen LogP contribution < -0.4 is 10.1 Å². The molecule has 146 valence electrons. The number of halogens is 1. The van der Waals surface area contributed by atoms with Crippen molar-refractivity contribution in [1.82, 2.24) is 10.2 Å². The first-order valence-electron chi connectivity index (χ1n) is 9.35. The van der Waals surface area contributed by atoms with Gasteiger partial charge < -0.3 is 19.7 Å². The van der Waals surface area contributed by atoms with Gasteiger partial charge in [-0.15, -0.1) is 0 Å². The van der Waals surface area contributed by atoms with E-state index in [0.717, 1.165) is 19.3 Å². The Kier molecular flexibility index (Phi) is 4.11. The monoisotopic (exact) mass is 392 g/mol. The van der Waals surface area contributed by atoms with Gasteiger partial charge in [0.15, 0.2) is 6.10 Å². The minimum absolute atomic E-state index is 0.0375. The van der Waals surface area contributed by atoms with E-state index in [1.54, 1.807) is 24.3 Å². The Morgan fingerprint density at radius 1 is 1.22 bits per heavy atom. The molecule has 2 amide bonds. The number of likely N-dealkylation sites (tertiary alicyclic amines) is 1. The van der Waals surface area contributed by atoms with E-state index in [1.807, 2.05) is 25.7 Å². The first kappa shape index (κ1) is 18.4. The van der Waals surface area contributed by atoms with Gasteiger partial charge in [-0.3, -0.25) is 4.79 Å².